The van der Waals surface area contributed by atoms with Crippen molar-refractivity contribution in [2.24, 2.45) is 11.5 Å². The fourth-order valence-corrected chi connectivity index (χ4v) is 3.51. The minimum atomic E-state index is -0.387. The third-order valence-corrected chi connectivity index (χ3v) is 4.64. The number of nitrogens with two attached hydrogens (primary N) is 2. The number of rotatable bonds is 5. The van der Waals surface area contributed by atoms with Gasteiger partial charge in [0.25, 0.3) is 0 Å². The van der Waals surface area contributed by atoms with Crippen LogP contribution in [0, 0.1) is 0 Å². The third-order valence-electron chi connectivity index (χ3n) is 4.34. The largest absolute Gasteiger partial charge is 0.372 e. The number of primary amides is 1. The first-order valence-corrected chi connectivity index (χ1v) is 8.11. The zero-order valence-electron chi connectivity index (χ0n) is 12.8. The maximum absolute atomic E-state index is 11.4. The van der Waals surface area contributed by atoms with E-state index in [9.17, 15) is 4.79 Å². The Morgan fingerprint density at radius 2 is 2.00 bits per heavy atom. The number of amides is 1. The van der Waals surface area contributed by atoms with E-state index in [0.29, 0.717) is 18.0 Å². The Hall–Kier alpha value is -2.04. The molecular formula is C18H20ClN3O. The predicted octanol–water partition coefficient (Wildman–Crippen LogP) is 2.64. The lowest BCUT2D eigenvalue weighted by atomic mass is 9.87. The van der Waals surface area contributed by atoms with Crippen molar-refractivity contribution in [3.05, 3.63) is 64.2 Å². The van der Waals surface area contributed by atoms with Crippen molar-refractivity contribution in [3.63, 3.8) is 0 Å². The van der Waals surface area contributed by atoms with Gasteiger partial charge < -0.3 is 16.8 Å². The zero-order valence-corrected chi connectivity index (χ0v) is 13.5. The molecule has 0 saturated carbocycles. The average molecular weight is 330 g/mol. The van der Waals surface area contributed by atoms with E-state index in [-0.39, 0.29) is 17.9 Å². The van der Waals surface area contributed by atoms with Crippen LogP contribution >= 0.6 is 11.6 Å². The number of hydrogen-bond acceptors (Lipinski definition) is 3. The van der Waals surface area contributed by atoms with Crippen LogP contribution in [0.15, 0.2) is 42.5 Å². The molecule has 1 aliphatic rings. The van der Waals surface area contributed by atoms with Crippen LogP contribution in [0.25, 0.3) is 0 Å². The molecule has 1 aliphatic heterocycles. The summed E-state index contributed by atoms with van der Waals surface area (Å²) in [7, 11) is 0. The average Bonchev–Trinajstić information content (AvgIpc) is 2.98. The maximum Gasteiger partial charge on any atom is 0.240 e. The Morgan fingerprint density at radius 1 is 1.26 bits per heavy atom. The fourth-order valence-electron chi connectivity index (χ4n) is 3.21. The lowest BCUT2D eigenvalue weighted by Crippen LogP contribution is -2.33. The molecule has 2 aromatic rings. The molecule has 4 nitrogen and oxygen atoms in total. The SMILES string of the molecule is NCCC(c1ccccc1)c1cc(Cl)c2c(c1)CC(C(N)=O)N2. The number of carbonyl (C=O) groups is 1. The second kappa shape index (κ2) is 6.60. The summed E-state index contributed by atoms with van der Waals surface area (Å²) in [5.41, 5.74) is 15.4. The lowest BCUT2D eigenvalue weighted by Gasteiger charge is -2.19. The monoisotopic (exact) mass is 329 g/mol. The van der Waals surface area contributed by atoms with E-state index in [1.807, 2.05) is 24.3 Å². The lowest BCUT2D eigenvalue weighted by molar-refractivity contribution is -0.118. The van der Waals surface area contributed by atoms with Gasteiger partial charge in [0.1, 0.15) is 6.04 Å². The third kappa shape index (κ3) is 3.19. The second-order valence-electron chi connectivity index (χ2n) is 5.88. The molecular weight excluding hydrogens is 310 g/mol. The Kier molecular flexibility index (Phi) is 4.55. The smallest absolute Gasteiger partial charge is 0.240 e. The molecule has 23 heavy (non-hydrogen) atoms. The van der Waals surface area contributed by atoms with Crippen LogP contribution in [0.4, 0.5) is 5.69 Å². The van der Waals surface area contributed by atoms with E-state index in [4.69, 9.17) is 23.1 Å². The Labute approximate surface area is 140 Å². The molecule has 0 aromatic heterocycles. The first-order valence-electron chi connectivity index (χ1n) is 7.73. The summed E-state index contributed by atoms with van der Waals surface area (Å²) in [5, 5.41) is 3.73. The van der Waals surface area contributed by atoms with Gasteiger partial charge in [0.2, 0.25) is 5.91 Å². The summed E-state index contributed by atoms with van der Waals surface area (Å²) in [6, 6.07) is 14.0. The van der Waals surface area contributed by atoms with Crippen LogP contribution in [-0.4, -0.2) is 18.5 Å². The first kappa shape index (κ1) is 15.8. The highest BCUT2D eigenvalue weighted by Crippen LogP contribution is 2.38. The molecule has 2 unspecified atom stereocenters. The molecule has 1 amide bonds. The number of fused-ring (bicyclic) bond motifs is 1. The van der Waals surface area contributed by atoms with Crippen molar-refractivity contribution >= 4 is 23.2 Å². The summed E-state index contributed by atoms with van der Waals surface area (Å²) >= 11 is 6.43. The van der Waals surface area contributed by atoms with E-state index in [2.05, 4.69) is 23.5 Å². The van der Waals surface area contributed by atoms with Crippen LogP contribution < -0.4 is 16.8 Å². The van der Waals surface area contributed by atoms with E-state index in [1.54, 1.807) is 0 Å². The first-order chi connectivity index (χ1) is 11.1. The predicted molar refractivity (Wildman–Crippen MR) is 93.7 cm³/mol. The Bertz CT molecular complexity index is 718. The van der Waals surface area contributed by atoms with Crippen molar-refractivity contribution in [1.82, 2.24) is 0 Å². The number of nitrogens with one attached hydrogen (secondary N) is 1. The minimum absolute atomic E-state index is 0.191. The topological polar surface area (TPSA) is 81.1 Å². The van der Waals surface area contributed by atoms with Crippen LogP contribution in [0.2, 0.25) is 5.02 Å². The Morgan fingerprint density at radius 3 is 2.65 bits per heavy atom. The molecule has 0 fully saturated rings. The molecule has 0 aliphatic carbocycles. The van der Waals surface area contributed by atoms with Gasteiger partial charge in [-0.25, -0.2) is 0 Å². The molecule has 0 saturated heterocycles. The fraction of sp³-hybridized carbons (Fsp3) is 0.278. The highest BCUT2D eigenvalue weighted by Gasteiger charge is 2.28. The van der Waals surface area contributed by atoms with Gasteiger partial charge in [0.15, 0.2) is 0 Å². The summed E-state index contributed by atoms with van der Waals surface area (Å²) < 4.78 is 0. The molecule has 0 radical (unpaired) electrons. The van der Waals surface area contributed by atoms with Gasteiger partial charge in [0, 0.05) is 12.3 Å². The van der Waals surface area contributed by atoms with Gasteiger partial charge in [-0.1, -0.05) is 48.0 Å². The van der Waals surface area contributed by atoms with Crippen LogP contribution in [0.3, 0.4) is 0 Å². The zero-order chi connectivity index (χ0) is 16.4. The van der Waals surface area contributed by atoms with Crippen LogP contribution in [0.1, 0.15) is 29.0 Å². The number of hydrogen-bond donors (Lipinski definition) is 3. The quantitative estimate of drug-likeness (QED) is 0.788. The number of carbonyl (C=O) groups excluding carboxylic acids is 1. The van der Waals surface area contributed by atoms with Crippen LogP contribution in [-0.2, 0) is 11.2 Å². The highest BCUT2D eigenvalue weighted by molar-refractivity contribution is 6.33. The summed E-state index contributed by atoms with van der Waals surface area (Å²) in [5.74, 6) is -0.169. The van der Waals surface area contributed by atoms with Gasteiger partial charge in [-0.15, -0.1) is 0 Å². The normalized spacial score (nSPS) is 17.4. The van der Waals surface area contributed by atoms with Crippen molar-refractivity contribution in [3.8, 4) is 0 Å². The molecule has 2 atom stereocenters. The standard InChI is InChI=1S/C18H20ClN3O/c19-15-9-12(8-13-10-16(18(21)23)22-17(13)15)14(6-7-20)11-4-2-1-3-5-11/h1-5,8-9,14,16,22H,6-7,10,20H2,(H2,21,23). The summed E-state index contributed by atoms with van der Waals surface area (Å²) in [6.45, 7) is 0.594. The summed E-state index contributed by atoms with van der Waals surface area (Å²) in [6.07, 6.45) is 1.41. The second-order valence-corrected chi connectivity index (χ2v) is 6.29. The Balaban J connectivity index is 1.99. The highest BCUT2D eigenvalue weighted by atomic mass is 35.5. The van der Waals surface area contributed by atoms with Crippen molar-refractivity contribution in [2.45, 2.75) is 24.8 Å². The van der Waals surface area contributed by atoms with Crippen LogP contribution in [0.5, 0.6) is 0 Å². The van der Waals surface area contributed by atoms with E-state index in [1.165, 1.54) is 5.56 Å². The molecule has 0 bridgehead atoms. The molecule has 0 spiro atoms. The van der Waals surface area contributed by atoms with Crippen molar-refractivity contribution in [1.29, 1.82) is 0 Å². The molecule has 120 valence electrons. The van der Waals surface area contributed by atoms with Gasteiger partial charge in [-0.3, -0.25) is 4.79 Å². The number of benzene rings is 2. The molecule has 5 heteroatoms. The number of anilines is 1. The maximum atomic E-state index is 11.4. The molecule has 2 aromatic carbocycles. The molecule has 3 rings (SSSR count). The van der Waals surface area contributed by atoms with E-state index in [0.717, 1.165) is 23.2 Å². The van der Waals surface area contributed by atoms with Gasteiger partial charge >= 0.3 is 0 Å². The van der Waals surface area contributed by atoms with Gasteiger partial charge in [-0.05, 0) is 35.7 Å². The molecule has 1 heterocycles. The minimum Gasteiger partial charge on any atom is -0.372 e. The summed E-state index contributed by atoms with van der Waals surface area (Å²) in [4.78, 5) is 11.4. The molecule has 5 N–H and O–H groups in total. The van der Waals surface area contributed by atoms with Crippen molar-refractivity contribution in [2.75, 3.05) is 11.9 Å². The van der Waals surface area contributed by atoms with Gasteiger partial charge in [0.05, 0.1) is 10.7 Å². The van der Waals surface area contributed by atoms with E-state index >= 15 is 0 Å². The van der Waals surface area contributed by atoms with E-state index < -0.39 is 0 Å². The number of halogens is 1. The van der Waals surface area contributed by atoms with Gasteiger partial charge in [-0.2, -0.15) is 0 Å². The van der Waals surface area contributed by atoms with Crippen molar-refractivity contribution < 1.29 is 4.79 Å².